The van der Waals surface area contributed by atoms with E-state index < -0.39 is 7.95 Å². The number of hydrogen-bond acceptors (Lipinski definition) is 5. The first-order valence-corrected chi connectivity index (χ1v) is 5.22. The first-order valence-electron chi connectivity index (χ1n) is 3.48. The van der Waals surface area contributed by atoms with Gasteiger partial charge in [0.05, 0.1) is 11.8 Å². The number of rotatable bonds is 4. The molecule has 0 saturated heterocycles. The molecular weight excluding hydrogens is 213 g/mol. The van der Waals surface area contributed by atoms with E-state index in [-0.39, 0.29) is 5.95 Å². The first-order chi connectivity index (χ1) is 6.25. The van der Waals surface area contributed by atoms with E-state index in [9.17, 15) is 4.57 Å². The Morgan fingerprint density at radius 3 is 2.69 bits per heavy atom. The molecule has 1 heterocycles. The van der Waals surface area contributed by atoms with E-state index in [4.69, 9.17) is 17.5 Å². The van der Waals surface area contributed by atoms with E-state index in [1.807, 2.05) is 0 Å². The third kappa shape index (κ3) is 2.84. The fourth-order valence-corrected chi connectivity index (χ4v) is 1.64. The summed E-state index contributed by atoms with van der Waals surface area (Å²) in [7, 11) is -1.75. The van der Waals surface area contributed by atoms with Crippen LogP contribution in [0.1, 0.15) is 0 Å². The maximum absolute atomic E-state index is 11.3. The second kappa shape index (κ2) is 5.01. The molecule has 0 aliphatic rings. The van der Waals surface area contributed by atoms with Gasteiger partial charge in [0, 0.05) is 6.54 Å². The minimum Gasteiger partial charge on any atom is -0.327 e. The Bertz CT molecular complexity index is 284. The molecule has 13 heavy (non-hydrogen) atoms. The molecular formula is C5H8ClN5OP+. The molecule has 1 unspecified atom stereocenters. The van der Waals surface area contributed by atoms with E-state index in [1.165, 1.54) is 12.7 Å². The molecule has 0 aliphatic carbocycles. The van der Waals surface area contributed by atoms with Crippen LogP contribution in [0, 0.1) is 0 Å². The lowest BCUT2D eigenvalue weighted by molar-refractivity contribution is 0.588. The minimum absolute atomic E-state index is 0.172. The van der Waals surface area contributed by atoms with E-state index in [0.29, 0.717) is 12.7 Å². The van der Waals surface area contributed by atoms with Gasteiger partial charge in [0.1, 0.15) is 12.7 Å². The summed E-state index contributed by atoms with van der Waals surface area (Å²) in [4.78, 5) is 11.1. The molecule has 0 spiro atoms. The fraction of sp³-hybridized carbons (Fsp3) is 0.400. The monoisotopic (exact) mass is 220 g/mol. The highest BCUT2D eigenvalue weighted by Gasteiger charge is 2.27. The van der Waals surface area contributed by atoms with E-state index in [0.717, 1.165) is 4.19 Å². The summed E-state index contributed by atoms with van der Waals surface area (Å²) in [5.74, 6) is 0.172. The smallest absolute Gasteiger partial charge is 0.327 e. The van der Waals surface area contributed by atoms with Crippen LogP contribution in [-0.2, 0) is 4.57 Å². The van der Waals surface area contributed by atoms with Crippen LogP contribution in [0.2, 0.25) is 0 Å². The topological polar surface area (TPSA) is 85.0 Å². The van der Waals surface area contributed by atoms with Crippen molar-refractivity contribution in [3.63, 3.8) is 0 Å². The van der Waals surface area contributed by atoms with Crippen LogP contribution in [0.4, 0.5) is 5.95 Å². The second-order valence-corrected chi connectivity index (χ2v) is 4.19. The summed E-state index contributed by atoms with van der Waals surface area (Å²) < 4.78 is 12.3. The number of nitrogens with two attached hydrogens (primary N) is 1. The van der Waals surface area contributed by atoms with Gasteiger partial charge in [0.2, 0.25) is 0 Å². The number of nitrogens with zero attached hydrogens (tertiary/aromatic N) is 4. The van der Waals surface area contributed by atoms with Gasteiger partial charge in [-0.3, -0.25) is 0 Å². The number of anilines is 1. The Balaban J connectivity index is 2.68. The van der Waals surface area contributed by atoms with Crippen LogP contribution in [0.25, 0.3) is 0 Å². The predicted molar refractivity (Wildman–Crippen MR) is 49.7 cm³/mol. The van der Waals surface area contributed by atoms with Crippen molar-refractivity contribution in [3.05, 3.63) is 12.7 Å². The van der Waals surface area contributed by atoms with Gasteiger partial charge in [0.15, 0.2) is 6.16 Å². The van der Waals surface area contributed by atoms with Crippen molar-refractivity contribution in [3.8, 4) is 0 Å². The van der Waals surface area contributed by atoms with Crippen LogP contribution in [0.3, 0.4) is 0 Å². The van der Waals surface area contributed by atoms with Gasteiger partial charge in [0.25, 0.3) is 5.95 Å². The SMILES string of the molecule is NCC[P+](=O)N(Cl)c1ncncn1. The van der Waals surface area contributed by atoms with Gasteiger partial charge in [-0.05, 0) is 8.75 Å². The predicted octanol–water partition coefficient (Wildman–Crippen LogP) is 0.533. The third-order valence-corrected chi connectivity index (χ3v) is 3.03. The Hall–Kier alpha value is -0.840. The van der Waals surface area contributed by atoms with E-state index >= 15 is 0 Å². The van der Waals surface area contributed by atoms with Gasteiger partial charge in [-0.2, -0.15) is 9.97 Å². The first kappa shape index (κ1) is 10.2. The summed E-state index contributed by atoms with van der Waals surface area (Å²) in [6.45, 7) is 0.309. The van der Waals surface area contributed by atoms with Gasteiger partial charge in [-0.25, -0.2) is 4.98 Å². The van der Waals surface area contributed by atoms with Crippen LogP contribution >= 0.6 is 19.7 Å². The maximum atomic E-state index is 11.3. The molecule has 0 radical (unpaired) electrons. The summed E-state index contributed by atoms with van der Waals surface area (Å²) in [5.41, 5.74) is 5.22. The molecule has 2 N–H and O–H groups in total. The highest BCUT2D eigenvalue weighted by atomic mass is 35.5. The zero-order chi connectivity index (χ0) is 9.68. The van der Waals surface area contributed by atoms with E-state index in [2.05, 4.69) is 15.0 Å². The van der Waals surface area contributed by atoms with E-state index in [1.54, 1.807) is 0 Å². The molecule has 0 aromatic carbocycles. The lowest BCUT2D eigenvalue weighted by atomic mass is 10.8. The molecule has 8 heteroatoms. The minimum atomic E-state index is -1.75. The van der Waals surface area contributed by atoms with Gasteiger partial charge < -0.3 is 5.73 Å². The fourth-order valence-electron chi connectivity index (χ4n) is 0.626. The zero-order valence-electron chi connectivity index (χ0n) is 6.67. The molecule has 1 atom stereocenters. The van der Waals surface area contributed by atoms with Crippen molar-refractivity contribution >= 4 is 25.7 Å². The summed E-state index contributed by atoms with van der Waals surface area (Å²) in [6, 6.07) is 0. The average Bonchev–Trinajstić information content (AvgIpc) is 2.18. The van der Waals surface area contributed by atoms with Crippen molar-refractivity contribution in [2.75, 3.05) is 16.9 Å². The summed E-state index contributed by atoms with van der Waals surface area (Å²) in [6.07, 6.45) is 2.87. The normalized spacial score (nSPS) is 11.1. The van der Waals surface area contributed by atoms with Gasteiger partial charge in [-0.15, -0.1) is 0 Å². The Morgan fingerprint density at radius 2 is 2.15 bits per heavy atom. The molecule has 0 amide bonds. The van der Waals surface area contributed by atoms with Crippen LogP contribution in [-0.4, -0.2) is 27.7 Å². The Morgan fingerprint density at radius 1 is 1.54 bits per heavy atom. The molecule has 0 aliphatic heterocycles. The van der Waals surface area contributed by atoms with Gasteiger partial charge in [-0.1, -0.05) is 0 Å². The van der Waals surface area contributed by atoms with Crippen LogP contribution in [0.15, 0.2) is 12.7 Å². The third-order valence-electron chi connectivity index (χ3n) is 1.16. The Kier molecular flexibility index (Phi) is 3.95. The average molecular weight is 221 g/mol. The zero-order valence-corrected chi connectivity index (χ0v) is 8.32. The van der Waals surface area contributed by atoms with Crippen LogP contribution in [0.5, 0.6) is 0 Å². The second-order valence-electron chi connectivity index (χ2n) is 2.06. The molecule has 6 nitrogen and oxygen atoms in total. The molecule has 0 bridgehead atoms. The van der Waals surface area contributed by atoms with Crippen molar-refractivity contribution < 1.29 is 4.57 Å². The molecule has 1 rings (SSSR count). The Labute approximate surface area is 81.1 Å². The van der Waals surface area contributed by atoms with Crippen LogP contribution < -0.4 is 9.92 Å². The lowest BCUT2D eigenvalue weighted by Crippen LogP contribution is -2.10. The van der Waals surface area contributed by atoms with Crippen molar-refractivity contribution in [2.24, 2.45) is 5.73 Å². The largest absolute Gasteiger partial charge is 0.482 e. The summed E-state index contributed by atoms with van der Waals surface area (Å²) >= 11 is 5.68. The molecule has 1 aromatic rings. The number of aromatic nitrogens is 3. The van der Waals surface area contributed by atoms with Crippen molar-refractivity contribution in [1.29, 1.82) is 0 Å². The molecule has 70 valence electrons. The lowest BCUT2D eigenvalue weighted by Gasteiger charge is -1.98. The molecule has 0 fully saturated rings. The number of hydrogen-bond donors (Lipinski definition) is 1. The number of halogens is 1. The summed E-state index contributed by atoms with van der Waals surface area (Å²) in [5, 5.41) is 0. The standard InChI is InChI=1S/C5H8ClN5OP/c6-11(13(12)2-1-7)5-9-3-8-4-10-5/h3-4H,1-2,7H2/q+1. The quantitative estimate of drug-likeness (QED) is 0.589. The molecule has 1 aromatic heterocycles. The highest BCUT2D eigenvalue weighted by Crippen LogP contribution is 2.31. The van der Waals surface area contributed by atoms with Gasteiger partial charge >= 0.3 is 7.95 Å². The van der Waals surface area contributed by atoms with Crippen molar-refractivity contribution in [2.45, 2.75) is 0 Å². The maximum Gasteiger partial charge on any atom is 0.482 e. The molecule has 0 saturated carbocycles. The highest BCUT2D eigenvalue weighted by molar-refractivity contribution is 7.48. The van der Waals surface area contributed by atoms with Crippen molar-refractivity contribution in [1.82, 2.24) is 15.0 Å².